The molecule has 0 aromatic carbocycles. The van der Waals surface area contributed by atoms with Gasteiger partial charge in [-0.05, 0) is 50.7 Å². The van der Waals surface area contributed by atoms with Gasteiger partial charge in [-0.25, -0.2) is 9.99 Å². The second kappa shape index (κ2) is 10.3. The fourth-order valence-electron chi connectivity index (χ4n) is 4.59. The van der Waals surface area contributed by atoms with Gasteiger partial charge in [-0.2, -0.15) is 5.10 Å². The van der Waals surface area contributed by atoms with Crippen LogP contribution in [0.2, 0.25) is 5.15 Å². The van der Waals surface area contributed by atoms with Gasteiger partial charge < -0.3 is 26.4 Å². The summed E-state index contributed by atoms with van der Waals surface area (Å²) < 4.78 is 0. The number of aliphatic imine (C=N–C) groups is 1. The quantitative estimate of drug-likeness (QED) is 0.349. The Balaban J connectivity index is 1.27. The lowest BCUT2D eigenvalue weighted by Gasteiger charge is -2.32. The van der Waals surface area contributed by atoms with Crippen LogP contribution in [0.3, 0.4) is 0 Å². The van der Waals surface area contributed by atoms with Crippen molar-refractivity contribution < 1.29 is 9.90 Å². The molecule has 34 heavy (non-hydrogen) atoms. The zero-order valence-corrected chi connectivity index (χ0v) is 19.8. The van der Waals surface area contributed by atoms with Crippen LogP contribution in [0, 0.1) is 0 Å². The van der Waals surface area contributed by atoms with Gasteiger partial charge in [0.2, 0.25) is 0 Å². The predicted octanol–water partition coefficient (Wildman–Crippen LogP) is 1.20. The minimum atomic E-state index is -0.540. The number of nitrogens with one attached hydrogen (secondary N) is 4. The molecule has 0 bridgehead atoms. The van der Waals surface area contributed by atoms with E-state index in [0.29, 0.717) is 47.9 Å². The van der Waals surface area contributed by atoms with Crippen LogP contribution in [0.1, 0.15) is 38.5 Å². The van der Waals surface area contributed by atoms with Crippen molar-refractivity contribution in [1.82, 2.24) is 25.9 Å². The van der Waals surface area contributed by atoms with Crippen LogP contribution in [-0.4, -0.2) is 76.5 Å². The van der Waals surface area contributed by atoms with Gasteiger partial charge in [-0.15, -0.1) is 0 Å². The van der Waals surface area contributed by atoms with Gasteiger partial charge >= 0.3 is 0 Å². The third kappa shape index (κ3) is 5.51. The summed E-state index contributed by atoms with van der Waals surface area (Å²) in [5, 5.41) is 29.3. The Morgan fingerprint density at radius 1 is 1.12 bits per heavy atom. The molecule has 1 aromatic rings. The number of hydrogen-bond acceptors (Lipinski definition) is 9. The van der Waals surface area contributed by atoms with Crippen LogP contribution in [0.5, 0.6) is 0 Å². The number of pyridine rings is 1. The highest BCUT2D eigenvalue weighted by Crippen LogP contribution is 2.26. The molecule has 0 radical (unpaired) electrons. The smallest absolute Gasteiger partial charge is 0.251 e. The number of amides is 1. The summed E-state index contributed by atoms with van der Waals surface area (Å²) in [5.41, 5.74) is 1.51. The number of nitrogens with zero attached hydrogens (tertiary/aromatic N) is 4. The highest BCUT2D eigenvalue weighted by molar-refractivity contribution is 6.29. The number of aliphatic hydroxyl groups excluding tert-OH is 1. The van der Waals surface area contributed by atoms with Crippen LogP contribution in [0.15, 0.2) is 40.2 Å². The summed E-state index contributed by atoms with van der Waals surface area (Å²) in [6.07, 6.45) is 10.0. The number of amidine groups is 2. The topological polar surface area (TPSA) is 126 Å². The Hall–Kier alpha value is -2.69. The molecule has 1 unspecified atom stereocenters. The molecule has 3 heterocycles. The van der Waals surface area contributed by atoms with Crippen LogP contribution in [-0.2, 0) is 4.79 Å². The van der Waals surface area contributed by atoms with Crippen molar-refractivity contribution in [2.24, 2.45) is 10.1 Å². The summed E-state index contributed by atoms with van der Waals surface area (Å²) in [4.78, 5) is 21.7. The second-order valence-corrected chi connectivity index (χ2v) is 9.60. The molecule has 11 heteroatoms. The number of halogens is 1. The molecule has 5 N–H and O–H groups in total. The Morgan fingerprint density at radius 2 is 1.85 bits per heavy atom. The van der Waals surface area contributed by atoms with Gasteiger partial charge in [0.05, 0.1) is 18.8 Å². The molecule has 1 amide bonds. The number of anilines is 1. The number of aliphatic hydroxyl groups is 1. The maximum absolute atomic E-state index is 13.1. The first-order chi connectivity index (χ1) is 16.6. The van der Waals surface area contributed by atoms with E-state index in [0.717, 1.165) is 50.1 Å². The predicted molar refractivity (Wildman–Crippen MR) is 132 cm³/mol. The van der Waals surface area contributed by atoms with Crippen molar-refractivity contribution in [3.63, 3.8) is 0 Å². The van der Waals surface area contributed by atoms with Crippen LogP contribution >= 0.6 is 11.6 Å². The summed E-state index contributed by atoms with van der Waals surface area (Å²) in [7, 11) is 0. The third-order valence-electron chi connectivity index (χ3n) is 6.52. The molecule has 0 spiro atoms. The monoisotopic (exact) mass is 486 g/mol. The first-order valence-electron chi connectivity index (χ1n) is 12.0. The average Bonchev–Trinajstić information content (AvgIpc) is 3.54. The van der Waals surface area contributed by atoms with E-state index in [9.17, 15) is 4.79 Å². The van der Waals surface area contributed by atoms with E-state index in [-0.39, 0.29) is 12.5 Å². The van der Waals surface area contributed by atoms with Crippen LogP contribution in [0.4, 0.5) is 5.69 Å². The molecule has 1 aromatic heterocycles. The molecule has 2 aliphatic carbocycles. The van der Waals surface area contributed by atoms with Crippen molar-refractivity contribution in [2.45, 2.75) is 62.7 Å². The number of carbonyl (C=O) groups excluding carboxylic acids is 1. The zero-order valence-electron chi connectivity index (χ0n) is 19.0. The average molecular weight is 487 g/mol. The van der Waals surface area contributed by atoms with Gasteiger partial charge in [-0.1, -0.05) is 11.6 Å². The lowest BCUT2D eigenvalue weighted by atomic mass is 9.91. The van der Waals surface area contributed by atoms with Gasteiger partial charge in [-0.3, -0.25) is 9.79 Å². The van der Waals surface area contributed by atoms with E-state index >= 15 is 0 Å². The second-order valence-electron chi connectivity index (χ2n) is 9.21. The highest BCUT2D eigenvalue weighted by atomic mass is 35.5. The van der Waals surface area contributed by atoms with E-state index in [1.807, 2.05) is 6.08 Å². The highest BCUT2D eigenvalue weighted by Gasteiger charge is 2.39. The van der Waals surface area contributed by atoms with Crippen molar-refractivity contribution in [3.8, 4) is 0 Å². The van der Waals surface area contributed by atoms with E-state index in [2.05, 4.69) is 31.2 Å². The Labute approximate surface area is 203 Å². The molecule has 2 saturated carbocycles. The molecule has 1 atom stereocenters. The number of aromatic nitrogens is 1. The molecule has 5 rings (SSSR count). The number of hydrazone groups is 1. The molecule has 4 aliphatic rings. The summed E-state index contributed by atoms with van der Waals surface area (Å²) >= 11 is 5.96. The lowest BCUT2D eigenvalue weighted by Crippen LogP contribution is -2.49. The summed E-state index contributed by atoms with van der Waals surface area (Å²) in [6, 6.07) is 4.01. The maximum Gasteiger partial charge on any atom is 0.251 e. The summed E-state index contributed by atoms with van der Waals surface area (Å²) in [6.45, 7) is 1.14. The van der Waals surface area contributed by atoms with Gasteiger partial charge in [0, 0.05) is 42.6 Å². The first-order valence-corrected chi connectivity index (χ1v) is 12.4. The fraction of sp³-hybridized carbons (Fsp3) is 0.565. The fourth-order valence-corrected chi connectivity index (χ4v) is 4.76. The largest absolute Gasteiger partial charge is 0.395 e. The van der Waals surface area contributed by atoms with Gasteiger partial charge in [0.15, 0.2) is 11.9 Å². The third-order valence-corrected chi connectivity index (χ3v) is 6.73. The number of hydrogen-bond donors (Lipinski definition) is 5. The Kier molecular flexibility index (Phi) is 6.98. The molecular weight excluding hydrogens is 456 g/mol. The molecule has 0 saturated heterocycles. The lowest BCUT2D eigenvalue weighted by molar-refractivity contribution is -0.119. The van der Waals surface area contributed by atoms with Gasteiger partial charge in [0.25, 0.3) is 5.91 Å². The zero-order chi connectivity index (χ0) is 23.5. The van der Waals surface area contributed by atoms with Crippen LogP contribution in [0.25, 0.3) is 0 Å². The number of carbonyl (C=O) groups is 1. The SMILES string of the molecule is O=C(Nc1ccnc(Cl)c1)C1CN=C2C(NC3CC3)=CC(N[C@H]3CC[C@H](NCCO)CC3)=NN21. The van der Waals surface area contributed by atoms with Crippen molar-refractivity contribution in [2.75, 3.05) is 25.0 Å². The Morgan fingerprint density at radius 3 is 2.59 bits per heavy atom. The summed E-state index contributed by atoms with van der Waals surface area (Å²) in [5.74, 6) is 1.27. The van der Waals surface area contributed by atoms with E-state index in [1.165, 1.54) is 0 Å². The first kappa shape index (κ1) is 23.1. The van der Waals surface area contributed by atoms with Crippen LogP contribution < -0.4 is 21.3 Å². The molecule has 182 valence electrons. The molecule has 2 aliphatic heterocycles. The van der Waals surface area contributed by atoms with E-state index in [1.54, 1.807) is 23.3 Å². The van der Waals surface area contributed by atoms with Gasteiger partial charge in [0.1, 0.15) is 11.0 Å². The minimum absolute atomic E-state index is 0.166. The van der Waals surface area contributed by atoms with Crippen molar-refractivity contribution in [3.05, 3.63) is 35.3 Å². The maximum atomic E-state index is 13.1. The number of rotatable bonds is 8. The Bertz CT molecular complexity index is 1000. The number of fused-ring (bicyclic) bond motifs is 1. The van der Waals surface area contributed by atoms with Crippen molar-refractivity contribution >= 4 is 34.9 Å². The molecule has 2 fully saturated rings. The standard InChI is InChI=1S/C23H31ClN8O2/c24-20-11-17(7-8-26-20)30-23(34)19-13-27-22-18(28-15-5-6-15)12-21(31-32(19)22)29-16-3-1-14(2-4-16)25-9-10-33/h7-8,11-12,14-16,19,25,28,33H,1-6,9-10,13H2,(H,29,31)(H,26,30,34)/t14-,16-,19?. The minimum Gasteiger partial charge on any atom is -0.395 e. The molecule has 10 nitrogen and oxygen atoms in total. The molecular formula is C23H31ClN8O2. The normalized spacial score (nSPS) is 26.2. The van der Waals surface area contributed by atoms with Crippen molar-refractivity contribution in [1.29, 1.82) is 0 Å². The van der Waals surface area contributed by atoms with E-state index < -0.39 is 6.04 Å². The van der Waals surface area contributed by atoms with E-state index in [4.69, 9.17) is 21.8 Å².